The second-order valence-corrected chi connectivity index (χ2v) is 8.23. The van der Waals surface area contributed by atoms with Gasteiger partial charge in [0.25, 0.3) is 0 Å². The van der Waals surface area contributed by atoms with Crippen LogP contribution in [0.3, 0.4) is 0 Å². The van der Waals surface area contributed by atoms with Gasteiger partial charge in [-0.3, -0.25) is 0 Å². The number of nitrogens with zero attached hydrogens (tertiary/aromatic N) is 1. The van der Waals surface area contributed by atoms with Crippen LogP contribution in [0.4, 0.5) is 0 Å². The van der Waals surface area contributed by atoms with Crippen LogP contribution in [0, 0.1) is 11.3 Å². The highest BCUT2D eigenvalue weighted by molar-refractivity contribution is 5.95. The second kappa shape index (κ2) is 12.5. The van der Waals surface area contributed by atoms with Crippen molar-refractivity contribution in [2.45, 2.75) is 51.9 Å². The molecule has 0 fully saturated rings. The predicted molar refractivity (Wildman–Crippen MR) is 130 cm³/mol. The van der Waals surface area contributed by atoms with Crippen LogP contribution in [0.5, 0.6) is 5.75 Å². The molecule has 0 saturated carbocycles. The van der Waals surface area contributed by atoms with E-state index in [0.717, 1.165) is 35.5 Å². The van der Waals surface area contributed by atoms with Gasteiger partial charge in [-0.05, 0) is 52.9 Å². The first-order valence-corrected chi connectivity index (χ1v) is 11.7. The van der Waals surface area contributed by atoms with E-state index in [1.807, 2.05) is 48.5 Å². The third-order valence-corrected chi connectivity index (χ3v) is 5.77. The highest BCUT2D eigenvalue weighted by Gasteiger charge is 2.08. The highest BCUT2D eigenvalue weighted by atomic mass is 16.5. The van der Waals surface area contributed by atoms with E-state index in [2.05, 4.69) is 13.0 Å². The van der Waals surface area contributed by atoms with Crippen LogP contribution in [0.25, 0.3) is 22.3 Å². The van der Waals surface area contributed by atoms with Gasteiger partial charge in [0.05, 0.1) is 24.2 Å². The van der Waals surface area contributed by atoms with Gasteiger partial charge < -0.3 is 14.6 Å². The number of ether oxygens (including phenoxy) is 1. The summed E-state index contributed by atoms with van der Waals surface area (Å²) in [5.74, 6) is -0.390. The van der Waals surface area contributed by atoms with E-state index in [4.69, 9.17) is 10.00 Å². The normalized spacial score (nSPS) is 10.5. The topological polar surface area (TPSA) is 73.1 Å². The quantitative estimate of drug-likeness (QED) is 0.306. The highest BCUT2D eigenvalue weighted by Crippen LogP contribution is 2.29. The first-order valence-electron chi connectivity index (χ1n) is 11.7. The van der Waals surface area contributed by atoms with Crippen LogP contribution >= 0.6 is 0 Å². The maximum Gasteiger partial charge on any atom is 0.119 e. The molecule has 4 nitrogen and oxygen atoms in total. The van der Waals surface area contributed by atoms with E-state index < -0.39 is 5.97 Å². The van der Waals surface area contributed by atoms with Crippen molar-refractivity contribution in [2.75, 3.05) is 6.61 Å². The third-order valence-electron chi connectivity index (χ3n) is 5.77. The molecule has 0 aliphatic rings. The van der Waals surface area contributed by atoms with E-state index in [9.17, 15) is 9.90 Å². The number of carbonyl (C=O) groups is 1. The SMILES string of the molecule is CCCCCCCCCOc1ccc(-c2ccc(-c3cc(C#N)ccc3C(=O)[O-])cc2)cc1. The summed E-state index contributed by atoms with van der Waals surface area (Å²) >= 11 is 0. The van der Waals surface area contributed by atoms with Crippen LogP contribution in [0.1, 0.15) is 67.8 Å². The molecule has 0 aliphatic heterocycles. The average molecular weight is 441 g/mol. The lowest BCUT2D eigenvalue weighted by Crippen LogP contribution is -2.23. The molecule has 170 valence electrons. The molecule has 3 aromatic rings. The monoisotopic (exact) mass is 440 g/mol. The van der Waals surface area contributed by atoms with Gasteiger partial charge in [-0.25, -0.2) is 0 Å². The molecule has 4 heteroatoms. The van der Waals surface area contributed by atoms with Crippen molar-refractivity contribution >= 4 is 5.97 Å². The third kappa shape index (κ3) is 6.95. The summed E-state index contributed by atoms with van der Waals surface area (Å²) in [5.41, 5.74) is 3.76. The summed E-state index contributed by atoms with van der Waals surface area (Å²) in [4.78, 5) is 11.5. The largest absolute Gasteiger partial charge is 0.545 e. The molecule has 33 heavy (non-hydrogen) atoms. The van der Waals surface area contributed by atoms with Gasteiger partial charge in [-0.15, -0.1) is 0 Å². The molecule has 0 N–H and O–H groups in total. The van der Waals surface area contributed by atoms with Gasteiger partial charge in [0.2, 0.25) is 0 Å². The number of carboxylic acid groups (broad SMARTS) is 1. The van der Waals surface area contributed by atoms with E-state index in [-0.39, 0.29) is 5.56 Å². The molecule has 0 saturated heterocycles. The molecule has 0 aromatic heterocycles. The molecule has 0 heterocycles. The lowest BCUT2D eigenvalue weighted by molar-refractivity contribution is -0.254. The number of benzene rings is 3. The fourth-order valence-corrected chi connectivity index (χ4v) is 3.87. The summed E-state index contributed by atoms with van der Waals surface area (Å²) in [6, 6.07) is 22.2. The molecule has 0 bridgehead atoms. The molecule has 0 radical (unpaired) electrons. The van der Waals surface area contributed by atoms with Crippen molar-refractivity contribution in [3.63, 3.8) is 0 Å². The van der Waals surface area contributed by atoms with E-state index in [1.54, 1.807) is 6.07 Å². The van der Waals surface area contributed by atoms with Crippen LogP contribution in [-0.4, -0.2) is 12.6 Å². The Kier molecular flexibility index (Phi) is 9.08. The smallest absolute Gasteiger partial charge is 0.119 e. The predicted octanol–water partition coefficient (Wildman–Crippen LogP) is 6.39. The van der Waals surface area contributed by atoms with Gasteiger partial charge in [0.15, 0.2) is 0 Å². The zero-order valence-corrected chi connectivity index (χ0v) is 19.2. The molecule has 0 atom stereocenters. The Bertz CT molecular complexity index is 1080. The Labute approximate surface area is 196 Å². The van der Waals surface area contributed by atoms with Crippen LogP contribution in [0.15, 0.2) is 66.7 Å². The van der Waals surface area contributed by atoms with Crippen LogP contribution in [-0.2, 0) is 0 Å². The first kappa shape index (κ1) is 24.1. The van der Waals surface area contributed by atoms with Crippen molar-refractivity contribution in [3.05, 3.63) is 77.9 Å². The molecule has 0 unspecified atom stereocenters. The van der Waals surface area contributed by atoms with Crippen molar-refractivity contribution in [3.8, 4) is 34.1 Å². The molecule has 0 amide bonds. The van der Waals surface area contributed by atoms with Crippen molar-refractivity contribution in [1.82, 2.24) is 0 Å². The molecule has 0 spiro atoms. The maximum atomic E-state index is 11.5. The number of aromatic carboxylic acids is 1. The molecular weight excluding hydrogens is 410 g/mol. The number of unbranched alkanes of at least 4 members (excludes halogenated alkanes) is 6. The van der Waals surface area contributed by atoms with E-state index in [0.29, 0.717) is 11.1 Å². The molecule has 0 aliphatic carbocycles. The molecule has 3 rings (SSSR count). The Morgan fingerprint density at radius 3 is 2.00 bits per heavy atom. The average Bonchev–Trinajstić information content (AvgIpc) is 2.85. The minimum atomic E-state index is -1.26. The summed E-state index contributed by atoms with van der Waals surface area (Å²) in [7, 11) is 0. The van der Waals surface area contributed by atoms with Crippen molar-refractivity contribution in [1.29, 1.82) is 5.26 Å². The number of rotatable bonds is 12. The van der Waals surface area contributed by atoms with Gasteiger partial charge in [-0.1, -0.05) is 87.9 Å². The van der Waals surface area contributed by atoms with E-state index in [1.165, 1.54) is 50.7 Å². The Morgan fingerprint density at radius 2 is 1.39 bits per heavy atom. The summed E-state index contributed by atoms with van der Waals surface area (Å²) in [6.45, 7) is 2.98. The number of hydrogen-bond donors (Lipinski definition) is 0. The maximum absolute atomic E-state index is 11.5. The van der Waals surface area contributed by atoms with Crippen molar-refractivity contribution < 1.29 is 14.6 Å². The Morgan fingerprint density at radius 1 is 0.818 bits per heavy atom. The number of carboxylic acids is 1. The Hall–Kier alpha value is -3.58. The zero-order valence-electron chi connectivity index (χ0n) is 19.2. The minimum Gasteiger partial charge on any atom is -0.545 e. The van der Waals surface area contributed by atoms with Crippen LogP contribution in [0.2, 0.25) is 0 Å². The van der Waals surface area contributed by atoms with Crippen LogP contribution < -0.4 is 9.84 Å². The number of hydrogen-bond acceptors (Lipinski definition) is 4. The minimum absolute atomic E-state index is 0.0733. The number of carbonyl (C=O) groups excluding carboxylic acids is 1. The first-order chi connectivity index (χ1) is 16.1. The molecule has 3 aromatic carbocycles. The van der Waals surface area contributed by atoms with E-state index >= 15 is 0 Å². The zero-order chi connectivity index (χ0) is 23.5. The standard InChI is InChI=1S/C29H31NO3/c1-2-3-4-5-6-7-8-19-33-26-16-14-24(15-17-26)23-10-12-25(13-11-23)28-20-22(21-30)9-18-27(28)29(31)32/h9-18,20H,2-8,19H2,1H3,(H,31,32)/p-1. The fraction of sp³-hybridized carbons (Fsp3) is 0.310. The lowest BCUT2D eigenvalue weighted by Gasteiger charge is -2.12. The van der Waals surface area contributed by atoms with Gasteiger partial charge in [-0.2, -0.15) is 5.26 Å². The van der Waals surface area contributed by atoms with Gasteiger partial charge >= 0.3 is 0 Å². The molecular formula is C29H30NO3-. The Balaban J connectivity index is 1.58. The lowest BCUT2D eigenvalue weighted by atomic mass is 9.95. The summed E-state index contributed by atoms with van der Waals surface area (Å²) < 4.78 is 5.87. The fourth-order valence-electron chi connectivity index (χ4n) is 3.87. The summed E-state index contributed by atoms with van der Waals surface area (Å²) in [5, 5.41) is 20.6. The summed E-state index contributed by atoms with van der Waals surface area (Å²) in [6.07, 6.45) is 8.85. The van der Waals surface area contributed by atoms with Gasteiger partial charge in [0, 0.05) is 5.56 Å². The number of nitriles is 1. The second-order valence-electron chi connectivity index (χ2n) is 8.23. The van der Waals surface area contributed by atoms with Gasteiger partial charge in [0.1, 0.15) is 5.75 Å². The van der Waals surface area contributed by atoms with Crippen molar-refractivity contribution in [2.24, 2.45) is 0 Å².